The summed E-state index contributed by atoms with van der Waals surface area (Å²) in [6, 6.07) is 12.3. The van der Waals surface area contributed by atoms with Crippen molar-refractivity contribution in [3.63, 3.8) is 0 Å². The summed E-state index contributed by atoms with van der Waals surface area (Å²) in [6.45, 7) is 25.9. The molecule has 188 valence electrons. The van der Waals surface area contributed by atoms with Gasteiger partial charge in [0.2, 0.25) is 0 Å². The topological polar surface area (TPSA) is 0 Å². The largest absolute Gasteiger partial charge is 0.0770 e. The molecule has 0 amide bonds. The lowest BCUT2D eigenvalue weighted by Crippen LogP contribution is -2.19. The number of benzene rings is 2. The van der Waals surface area contributed by atoms with Crippen LogP contribution >= 0.6 is 0 Å². The molecule has 0 aliphatic heterocycles. The number of hydrogen-bond donors (Lipinski definition) is 0. The Kier molecular flexibility index (Phi) is 6.53. The molecule has 2 aromatic rings. The Balaban J connectivity index is 1.83. The molecule has 0 bridgehead atoms. The average Bonchev–Trinajstić information content (AvgIpc) is 3.37. The quantitative estimate of drug-likeness (QED) is 0.357. The number of allylic oxidation sites excluding steroid dienone is 4. The molecule has 3 atom stereocenters. The fourth-order valence-electron chi connectivity index (χ4n) is 6.04. The first kappa shape index (κ1) is 26.0. The molecule has 2 aromatic carbocycles. The van der Waals surface area contributed by atoms with Gasteiger partial charge in [-0.2, -0.15) is 0 Å². The van der Waals surface area contributed by atoms with Crippen LogP contribution in [0, 0.1) is 17.3 Å². The first-order valence-corrected chi connectivity index (χ1v) is 13.8. The van der Waals surface area contributed by atoms with Crippen LogP contribution in [0.15, 0.2) is 54.1 Å². The molecule has 0 spiro atoms. The van der Waals surface area contributed by atoms with E-state index < -0.39 is 0 Å². The highest BCUT2D eigenvalue weighted by atomic mass is 14.4. The SMILES string of the molecule is CCC(c1cc(C(C)(C)C)cc2c1Cc1ccc(C(C)(C)C)cc1-2)C(C)C1C=CC(C(C)(C)C)=C1. The van der Waals surface area contributed by atoms with Crippen molar-refractivity contribution in [3.05, 3.63) is 82.0 Å². The van der Waals surface area contributed by atoms with Crippen molar-refractivity contribution in [3.8, 4) is 11.1 Å². The molecule has 0 aromatic heterocycles. The Morgan fingerprint density at radius 3 is 1.97 bits per heavy atom. The van der Waals surface area contributed by atoms with Crippen molar-refractivity contribution >= 4 is 0 Å². The lowest BCUT2D eigenvalue weighted by atomic mass is 9.73. The van der Waals surface area contributed by atoms with Crippen molar-refractivity contribution in [2.45, 2.75) is 106 Å². The third kappa shape index (κ3) is 4.96. The summed E-state index contributed by atoms with van der Waals surface area (Å²) in [5.41, 5.74) is 12.5. The van der Waals surface area contributed by atoms with Gasteiger partial charge in [0.1, 0.15) is 0 Å². The normalized spacial score (nSPS) is 19.4. The van der Waals surface area contributed by atoms with E-state index in [0.717, 1.165) is 6.42 Å². The molecule has 0 saturated carbocycles. The van der Waals surface area contributed by atoms with E-state index in [-0.39, 0.29) is 16.2 Å². The molecule has 2 aliphatic rings. The second kappa shape index (κ2) is 8.79. The van der Waals surface area contributed by atoms with E-state index in [1.165, 1.54) is 39.8 Å². The van der Waals surface area contributed by atoms with Gasteiger partial charge >= 0.3 is 0 Å². The fraction of sp³-hybridized carbons (Fsp3) is 0.543. The average molecular weight is 469 g/mol. The van der Waals surface area contributed by atoms with Crippen LogP contribution in [-0.4, -0.2) is 0 Å². The molecule has 0 saturated heterocycles. The van der Waals surface area contributed by atoms with E-state index in [9.17, 15) is 0 Å². The number of rotatable bonds is 4. The summed E-state index contributed by atoms with van der Waals surface area (Å²) in [6.07, 6.45) is 9.64. The minimum Gasteiger partial charge on any atom is -0.0770 e. The van der Waals surface area contributed by atoms with Gasteiger partial charge in [-0.15, -0.1) is 0 Å². The molecule has 0 fully saturated rings. The molecule has 2 aliphatic carbocycles. The number of fused-ring (bicyclic) bond motifs is 3. The van der Waals surface area contributed by atoms with Gasteiger partial charge in [0.25, 0.3) is 0 Å². The monoisotopic (exact) mass is 468 g/mol. The first-order chi connectivity index (χ1) is 16.1. The Labute approximate surface area is 215 Å². The lowest BCUT2D eigenvalue weighted by Gasteiger charge is -2.31. The molecule has 0 heterocycles. The molecular weight excluding hydrogens is 420 g/mol. The Bertz CT molecular complexity index is 1160. The molecule has 0 nitrogen and oxygen atoms in total. The van der Waals surface area contributed by atoms with Crippen LogP contribution < -0.4 is 0 Å². The molecule has 0 radical (unpaired) electrons. The zero-order valence-corrected chi connectivity index (χ0v) is 24.3. The van der Waals surface area contributed by atoms with Gasteiger partial charge < -0.3 is 0 Å². The molecule has 0 N–H and O–H groups in total. The lowest BCUT2D eigenvalue weighted by molar-refractivity contribution is 0.390. The van der Waals surface area contributed by atoms with Crippen LogP contribution in [0.25, 0.3) is 11.1 Å². The minimum atomic E-state index is 0.127. The van der Waals surface area contributed by atoms with Gasteiger partial charge in [0.05, 0.1) is 0 Å². The number of hydrogen-bond acceptors (Lipinski definition) is 0. The van der Waals surface area contributed by atoms with Gasteiger partial charge in [-0.25, -0.2) is 0 Å². The highest BCUT2D eigenvalue weighted by Crippen LogP contribution is 2.48. The summed E-state index contributed by atoms with van der Waals surface area (Å²) >= 11 is 0. The van der Waals surface area contributed by atoms with Crippen LogP contribution in [0.2, 0.25) is 0 Å². The molecule has 0 heteroatoms. The van der Waals surface area contributed by atoms with Crippen molar-refractivity contribution in [2.24, 2.45) is 17.3 Å². The van der Waals surface area contributed by atoms with Crippen LogP contribution in [0.1, 0.15) is 116 Å². The zero-order valence-electron chi connectivity index (χ0n) is 24.3. The van der Waals surface area contributed by atoms with Crippen molar-refractivity contribution in [2.75, 3.05) is 0 Å². The van der Waals surface area contributed by atoms with E-state index >= 15 is 0 Å². The van der Waals surface area contributed by atoms with E-state index in [1.807, 2.05) is 0 Å². The third-order valence-electron chi connectivity index (χ3n) is 8.60. The molecule has 3 unspecified atom stereocenters. The smallest absolute Gasteiger partial charge is 0.00106 e. The Hall–Kier alpha value is -2.08. The van der Waals surface area contributed by atoms with Crippen molar-refractivity contribution in [1.82, 2.24) is 0 Å². The maximum Gasteiger partial charge on any atom is -0.00106 e. The minimum absolute atomic E-state index is 0.127. The maximum absolute atomic E-state index is 2.58. The van der Waals surface area contributed by atoms with Gasteiger partial charge in [0.15, 0.2) is 0 Å². The van der Waals surface area contributed by atoms with Crippen molar-refractivity contribution < 1.29 is 0 Å². The second-order valence-electron chi connectivity index (χ2n) is 14.3. The molecular formula is C35H48. The Morgan fingerprint density at radius 2 is 1.43 bits per heavy atom. The highest BCUT2D eigenvalue weighted by Gasteiger charge is 2.33. The van der Waals surface area contributed by atoms with Crippen LogP contribution in [0.5, 0.6) is 0 Å². The Morgan fingerprint density at radius 1 is 0.800 bits per heavy atom. The second-order valence-corrected chi connectivity index (χ2v) is 14.3. The van der Waals surface area contributed by atoms with Crippen LogP contribution in [0.4, 0.5) is 0 Å². The van der Waals surface area contributed by atoms with Crippen LogP contribution in [0.3, 0.4) is 0 Å². The summed E-state index contributed by atoms with van der Waals surface area (Å²) in [7, 11) is 0. The summed E-state index contributed by atoms with van der Waals surface area (Å²) in [4.78, 5) is 0. The predicted octanol–water partition coefficient (Wildman–Crippen LogP) is 10.1. The summed E-state index contributed by atoms with van der Waals surface area (Å²) in [5.74, 6) is 1.64. The summed E-state index contributed by atoms with van der Waals surface area (Å²) in [5, 5.41) is 0. The van der Waals surface area contributed by atoms with Gasteiger partial charge in [0, 0.05) is 0 Å². The highest BCUT2D eigenvalue weighted by molar-refractivity contribution is 5.80. The van der Waals surface area contributed by atoms with Gasteiger partial charge in [-0.05, 0) is 91.4 Å². The van der Waals surface area contributed by atoms with E-state index in [0.29, 0.717) is 17.8 Å². The standard InChI is InChI=1S/C35H48/c1-12-28(22(2)23-13-15-25(17-23)33(3,4)5)31-20-27(35(9,10)11)21-32-29-19-26(34(6,7)8)16-14-24(29)18-30(31)32/h13-17,19-23,28H,12,18H2,1-11H3. The van der Waals surface area contributed by atoms with Gasteiger partial charge in [-0.3, -0.25) is 0 Å². The van der Waals surface area contributed by atoms with E-state index in [2.05, 4.69) is 125 Å². The third-order valence-corrected chi connectivity index (χ3v) is 8.60. The fourth-order valence-corrected chi connectivity index (χ4v) is 6.04. The van der Waals surface area contributed by atoms with Crippen molar-refractivity contribution in [1.29, 1.82) is 0 Å². The maximum atomic E-state index is 2.58. The van der Waals surface area contributed by atoms with Crippen LogP contribution in [-0.2, 0) is 17.3 Å². The zero-order chi connectivity index (χ0) is 25.9. The summed E-state index contributed by atoms with van der Waals surface area (Å²) < 4.78 is 0. The molecule has 4 rings (SSSR count). The predicted molar refractivity (Wildman–Crippen MR) is 154 cm³/mol. The first-order valence-electron chi connectivity index (χ1n) is 13.8. The van der Waals surface area contributed by atoms with E-state index in [1.54, 1.807) is 11.1 Å². The molecule has 35 heavy (non-hydrogen) atoms. The van der Waals surface area contributed by atoms with E-state index in [4.69, 9.17) is 0 Å². The van der Waals surface area contributed by atoms with Gasteiger partial charge in [-0.1, -0.05) is 125 Å².